The molecule has 0 radical (unpaired) electrons. The monoisotopic (exact) mass is 310 g/mol. The maximum Gasteiger partial charge on any atom is 0.252 e. The van der Waals surface area contributed by atoms with E-state index < -0.39 is 6.04 Å². The molecular weight excluding hydrogens is 296 g/mol. The molecule has 0 saturated heterocycles. The van der Waals surface area contributed by atoms with Gasteiger partial charge in [0.05, 0.1) is 11.2 Å². The highest BCUT2D eigenvalue weighted by Crippen LogP contribution is 2.10. The predicted octanol–water partition coefficient (Wildman–Crippen LogP) is 0.122. The van der Waals surface area contributed by atoms with Crippen LogP contribution in [-0.2, 0) is 11.2 Å². The number of hydrogen-bond donors (Lipinski definition) is 3. The van der Waals surface area contributed by atoms with Gasteiger partial charge in [0.2, 0.25) is 5.91 Å². The SMILES string of the molecule is CC(C(=O)NCCc1nc(N)cc(=O)[nH]1)n1cc(Cl)cn1. The molecule has 0 saturated carbocycles. The maximum absolute atomic E-state index is 11.9. The molecule has 1 atom stereocenters. The molecule has 9 heteroatoms. The van der Waals surface area contributed by atoms with Gasteiger partial charge >= 0.3 is 0 Å². The summed E-state index contributed by atoms with van der Waals surface area (Å²) in [6.07, 6.45) is 3.41. The summed E-state index contributed by atoms with van der Waals surface area (Å²) in [4.78, 5) is 29.7. The highest BCUT2D eigenvalue weighted by Gasteiger charge is 2.15. The number of aromatic amines is 1. The third-order valence-electron chi connectivity index (χ3n) is 2.82. The van der Waals surface area contributed by atoms with Gasteiger partial charge in [-0.05, 0) is 6.92 Å². The van der Waals surface area contributed by atoms with Crippen molar-refractivity contribution in [2.45, 2.75) is 19.4 Å². The lowest BCUT2D eigenvalue weighted by Crippen LogP contribution is -2.33. The van der Waals surface area contributed by atoms with E-state index in [0.29, 0.717) is 23.8 Å². The Hall–Kier alpha value is -2.35. The van der Waals surface area contributed by atoms with Gasteiger partial charge in [-0.2, -0.15) is 5.10 Å². The highest BCUT2D eigenvalue weighted by atomic mass is 35.5. The van der Waals surface area contributed by atoms with Gasteiger partial charge in [0.25, 0.3) is 5.56 Å². The number of carbonyl (C=O) groups is 1. The standard InChI is InChI=1S/C12H15ClN6O2/c1-7(19-6-8(13)5-16-19)12(21)15-3-2-10-17-9(14)4-11(20)18-10/h4-7H,2-3H2,1H3,(H,15,21)(H3,14,17,18,20). The number of hydrogen-bond acceptors (Lipinski definition) is 5. The van der Waals surface area contributed by atoms with Crippen molar-refractivity contribution in [1.82, 2.24) is 25.1 Å². The number of amides is 1. The van der Waals surface area contributed by atoms with E-state index in [4.69, 9.17) is 17.3 Å². The molecule has 8 nitrogen and oxygen atoms in total. The molecule has 2 heterocycles. The minimum Gasteiger partial charge on any atom is -0.383 e. The van der Waals surface area contributed by atoms with Crippen LogP contribution in [0.2, 0.25) is 5.02 Å². The minimum absolute atomic E-state index is 0.152. The van der Waals surface area contributed by atoms with Crippen molar-refractivity contribution in [3.05, 3.63) is 39.7 Å². The molecule has 1 amide bonds. The van der Waals surface area contributed by atoms with Crippen molar-refractivity contribution in [2.24, 2.45) is 0 Å². The first-order valence-electron chi connectivity index (χ1n) is 6.29. The summed E-state index contributed by atoms with van der Waals surface area (Å²) in [5.74, 6) is 0.371. The lowest BCUT2D eigenvalue weighted by Gasteiger charge is -2.12. The zero-order chi connectivity index (χ0) is 15.4. The molecule has 21 heavy (non-hydrogen) atoms. The summed E-state index contributed by atoms with van der Waals surface area (Å²) >= 11 is 5.75. The van der Waals surface area contributed by atoms with E-state index in [2.05, 4.69) is 20.4 Å². The molecule has 0 fully saturated rings. The van der Waals surface area contributed by atoms with Crippen LogP contribution >= 0.6 is 11.6 Å². The van der Waals surface area contributed by atoms with Gasteiger partial charge in [0, 0.05) is 25.2 Å². The minimum atomic E-state index is -0.481. The van der Waals surface area contributed by atoms with Gasteiger partial charge in [-0.3, -0.25) is 14.3 Å². The average Bonchev–Trinajstić information content (AvgIpc) is 2.83. The Morgan fingerprint density at radius 2 is 2.38 bits per heavy atom. The fraction of sp³-hybridized carbons (Fsp3) is 0.333. The van der Waals surface area contributed by atoms with Crippen LogP contribution in [0.4, 0.5) is 5.82 Å². The fourth-order valence-electron chi connectivity index (χ4n) is 1.75. The molecule has 0 bridgehead atoms. The number of aromatic nitrogens is 4. The van der Waals surface area contributed by atoms with Crippen LogP contribution in [0.1, 0.15) is 18.8 Å². The normalized spacial score (nSPS) is 12.1. The van der Waals surface area contributed by atoms with Gasteiger partial charge in [-0.15, -0.1) is 0 Å². The number of nitrogens with one attached hydrogen (secondary N) is 2. The molecule has 2 rings (SSSR count). The van der Waals surface area contributed by atoms with E-state index in [-0.39, 0.29) is 17.3 Å². The first-order chi connectivity index (χ1) is 9.95. The largest absolute Gasteiger partial charge is 0.383 e. The van der Waals surface area contributed by atoms with Gasteiger partial charge in [-0.1, -0.05) is 11.6 Å². The first-order valence-corrected chi connectivity index (χ1v) is 6.66. The Labute approximate surface area is 125 Å². The summed E-state index contributed by atoms with van der Waals surface area (Å²) in [5, 5.41) is 7.17. The van der Waals surface area contributed by atoms with Crippen LogP contribution in [0.5, 0.6) is 0 Å². The van der Waals surface area contributed by atoms with Crippen molar-refractivity contribution in [1.29, 1.82) is 0 Å². The van der Waals surface area contributed by atoms with Gasteiger partial charge in [-0.25, -0.2) is 4.98 Å². The van der Waals surface area contributed by atoms with Gasteiger partial charge in [0.15, 0.2) is 0 Å². The lowest BCUT2D eigenvalue weighted by atomic mass is 10.3. The van der Waals surface area contributed by atoms with E-state index in [1.165, 1.54) is 16.9 Å². The van der Waals surface area contributed by atoms with E-state index in [9.17, 15) is 9.59 Å². The maximum atomic E-state index is 11.9. The Balaban J connectivity index is 1.88. The molecule has 0 aliphatic carbocycles. The van der Waals surface area contributed by atoms with Crippen molar-refractivity contribution in [2.75, 3.05) is 12.3 Å². The second kappa shape index (κ2) is 6.40. The number of nitrogens with two attached hydrogens (primary N) is 1. The second-order valence-corrected chi connectivity index (χ2v) is 4.91. The summed E-state index contributed by atoms with van der Waals surface area (Å²) in [6, 6.07) is 0.719. The van der Waals surface area contributed by atoms with Gasteiger partial charge in [0.1, 0.15) is 17.7 Å². The van der Waals surface area contributed by atoms with Crippen LogP contribution in [0.15, 0.2) is 23.3 Å². The molecule has 2 aromatic heterocycles. The van der Waals surface area contributed by atoms with Crippen LogP contribution in [-0.4, -0.2) is 32.2 Å². The van der Waals surface area contributed by atoms with E-state index in [0.717, 1.165) is 0 Å². The van der Waals surface area contributed by atoms with Crippen LogP contribution in [0, 0.1) is 0 Å². The first kappa shape index (κ1) is 15.0. The quantitative estimate of drug-likeness (QED) is 0.725. The topological polar surface area (TPSA) is 119 Å². The third-order valence-corrected chi connectivity index (χ3v) is 3.01. The molecule has 112 valence electrons. The Morgan fingerprint density at radius 3 is 3.00 bits per heavy atom. The summed E-state index contributed by atoms with van der Waals surface area (Å²) in [5.41, 5.74) is 5.16. The molecular formula is C12H15ClN6O2. The Bertz CT molecular complexity index is 695. The molecule has 0 aliphatic rings. The third kappa shape index (κ3) is 4.06. The fourth-order valence-corrected chi connectivity index (χ4v) is 1.89. The van der Waals surface area contributed by atoms with Crippen molar-refractivity contribution < 1.29 is 4.79 Å². The number of nitrogen functional groups attached to an aromatic ring is 1. The van der Waals surface area contributed by atoms with E-state index in [1.54, 1.807) is 13.1 Å². The average molecular weight is 311 g/mol. The Morgan fingerprint density at radius 1 is 1.62 bits per heavy atom. The number of halogens is 1. The zero-order valence-electron chi connectivity index (χ0n) is 11.3. The number of nitrogens with zero attached hydrogens (tertiary/aromatic N) is 3. The number of rotatable bonds is 5. The predicted molar refractivity (Wildman–Crippen MR) is 77.9 cm³/mol. The number of anilines is 1. The van der Waals surface area contributed by atoms with Crippen LogP contribution in [0.25, 0.3) is 0 Å². The smallest absolute Gasteiger partial charge is 0.252 e. The van der Waals surface area contributed by atoms with E-state index >= 15 is 0 Å². The molecule has 1 unspecified atom stereocenters. The van der Waals surface area contributed by atoms with Crippen molar-refractivity contribution >= 4 is 23.3 Å². The molecule has 2 aromatic rings. The molecule has 0 aliphatic heterocycles. The molecule has 0 aromatic carbocycles. The Kier molecular flexibility index (Phi) is 4.59. The summed E-state index contributed by atoms with van der Waals surface area (Å²) in [7, 11) is 0. The van der Waals surface area contributed by atoms with E-state index in [1.807, 2.05) is 0 Å². The molecule has 0 spiro atoms. The van der Waals surface area contributed by atoms with Gasteiger partial charge < -0.3 is 16.0 Å². The lowest BCUT2D eigenvalue weighted by molar-refractivity contribution is -0.124. The number of carbonyl (C=O) groups excluding carboxylic acids is 1. The van der Waals surface area contributed by atoms with Crippen molar-refractivity contribution in [3.8, 4) is 0 Å². The second-order valence-electron chi connectivity index (χ2n) is 4.47. The summed E-state index contributed by atoms with van der Waals surface area (Å²) in [6.45, 7) is 2.03. The zero-order valence-corrected chi connectivity index (χ0v) is 12.1. The van der Waals surface area contributed by atoms with Crippen molar-refractivity contribution in [3.63, 3.8) is 0 Å². The number of H-pyrrole nitrogens is 1. The molecule has 4 N–H and O–H groups in total. The van der Waals surface area contributed by atoms with Crippen LogP contribution in [0.3, 0.4) is 0 Å². The summed E-state index contributed by atoms with van der Waals surface area (Å²) < 4.78 is 1.47. The van der Waals surface area contributed by atoms with Crippen LogP contribution < -0.4 is 16.6 Å². The highest BCUT2D eigenvalue weighted by molar-refractivity contribution is 6.30.